The number of halogens is 1. The molecule has 0 spiro atoms. The third-order valence-electron chi connectivity index (χ3n) is 2.87. The van der Waals surface area contributed by atoms with Crippen molar-refractivity contribution in [2.45, 2.75) is 38.5 Å². The molecule has 110 valence electrons. The lowest BCUT2D eigenvalue weighted by Gasteiger charge is -2.16. The fraction of sp³-hybridized carbons (Fsp3) is 0.500. The molecule has 0 radical (unpaired) electrons. The molecule has 3 nitrogen and oxygen atoms in total. The van der Waals surface area contributed by atoms with Gasteiger partial charge in [-0.2, -0.15) is 0 Å². The van der Waals surface area contributed by atoms with Gasteiger partial charge in [-0.15, -0.1) is 6.42 Å². The molecule has 20 heavy (non-hydrogen) atoms. The van der Waals surface area contributed by atoms with Crippen LogP contribution < -0.4 is 5.32 Å². The van der Waals surface area contributed by atoms with Crippen molar-refractivity contribution in [3.05, 3.63) is 34.9 Å². The van der Waals surface area contributed by atoms with E-state index < -0.39 is 6.10 Å². The van der Waals surface area contributed by atoms with Crippen LogP contribution in [0, 0.1) is 12.3 Å². The maximum atomic E-state index is 9.81. The van der Waals surface area contributed by atoms with Gasteiger partial charge in [0.1, 0.15) is 0 Å². The molecule has 1 aromatic rings. The predicted octanol–water partition coefficient (Wildman–Crippen LogP) is 2.61. The summed E-state index contributed by atoms with van der Waals surface area (Å²) < 4.78 is 5.46. The number of aliphatic hydroxyl groups is 1. The van der Waals surface area contributed by atoms with Crippen molar-refractivity contribution in [2.75, 3.05) is 13.2 Å². The number of terminal acetylenes is 1. The van der Waals surface area contributed by atoms with E-state index in [0.29, 0.717) is 18.2 Å². The Morgan fingerprint density at radius 1 is 1.40 bits per heavy atom. The first-order valence-electron chi connectivity index (χ1n) is 6.85. The zero-order chi connectivity index (χ0) is 14.8. The Morgan fingerprint density at radius 2 is 2.10 bits per heavy atom. The van der Waals surface area contributed by atoms with Gasteiger partial charge in [-0.3, -0.25) is 0 Å². The zero-order valence-electron chi connectivity index (χ0n) is 11.8. The van der Waals surface area contributed by atoms with Crippen LogP contribution in [0.2, 0.25) is 5.02 Å². The Hall–Kier alpha value is -1.05. The van der Waals surface area contributed by atoms with E-state index in [1.165, 1.54) is 0 Å². The van der Waals surface area contributed by atoms with E-state index in [9.17, 15) is 5.11 Å². The van der Waals surface area contributed by atoms with Crippen LogP contribution >= 0.6 is 11.6 Å². The minimum atomic E-state index is -0.560. The number of ether oxygens (including phenoxy) is 1. The van der Waals surface area contributed by atoms with Gasteiger partial charge in [-0.05, 0) is 24.1 Å². The molecule has 0 bridgehead atoms. The van der Waals surface area contributed by atoms with Crippen molar-refractivity contribution in [2.24, 2.45) is 0 Å². The topological polar surface area (TPSA) is 41.5 Å². The van der Waals surface area contributed by atoms with Crippen LogP contribution in [-0.4, -0.2) is 30.4 Å². The van der Waals surface area contributed by atoms with Gasteiger partial charge in [0.15, 0.2) is 0 Å². The molecule has 2 atom stereocenters. The smallest absolute Gasteiger partial charge is 0.0898 e. The summed E-state index contributed by atoms with van der Waals surface area (Å²) in [5, 5.41) is 13.7. The second kappa shape index (κ2) is 9.79. The molecule has 0 aromatic heterocycles. The fourth-order valence-corrected chi connectivity index (χ4v) is 1.89. The van der Waals surface area contributed by atoms with Crippen molar-refractivity contribution in [1.29, 1.82) is 0 Å². The first-order valence-corrected chi connectivity index (χ1v) is 7.23. The lowest BCUT2D eigenvalue weighted by Crippen LogP contribution is -2.36. The second-order valence-corrected chi connectivity index (χ2v) is 5.15. The molecule has 0 aliphatic carbocycles. The summed E-state index contributed by atoms with van der Waals surface area (Å²) in [6, 6.07) is 7.47. The van der Waals surface area contributed by atoms with Crippen LogP contribution in [0.15, 0.2) is 24.3 Å². The molecule has 1 aromatic carbocycles. The first kappa shape index (κ1) is 17.0. The van der Waals surface area contributed by atoms with Crippen LogP contribution in [0.1, 0.15) is 25.3 Å². The summed E-state index contributed by atoms with van der Waals surface area (Å²) in [6.07, 6.45) is 6.77. The van der Waals surface area contributed by atoms with Crippen molar-refractivity contribution < 1.29 is 9.84 Å². The summed E-state index contributed by atoms with van der Waals surface area (Å²) >= 11 is 5.80. The Kier molecular flexibility index (Phi) is 8.32. The van der Waals surface area contributed by atoms with E-state index in [4.69, 9.17) is 22.8 Å². The molecule has 0 saturated carbocycles. The molecule has 0 heterocycles. The minimum absolute atomic E-state index is 0.0194. The number of aliphatic hydroxyl groups excluding tert-OH is 1. The number of benzene rings is 1. The number of hydrogen-bond acceptors (Lipinski definition) is 3. The third-order valence-corrected chi connectivity index (χ3v) is 3.12. The standard InChI is InChI=1S/C16H22ClNO2/c1-3-5-15(4-2)18-10-16(19)12-20-11-13-6-8-14(17)9-7-13/h2,6-9,15-16,18-19H,3,5,10-12H2,1H3. The lowest BCUT2D eigenvalue weighted by atomic mass is 10.2. The van der Waals surface area contributed by atoms with E-state index in [0.717, 1.165) is 18.4 Å². The molecular formula is C16H22ClNO2. The van der Waals surface area contributed by atoms with Gasteiger partial charge >= 0.3 is 0 Å². The van der Waals surface area contributed by atoms with Crippen LogP contribution in [0.4, 0.5) is 0 Å². The predicted molar refractivity (Wildman–Crippen MR) is 82.6 cm³/mol. The van der Waals surface area contributed by atoms with Gasteiger partial charge in [-0.25, -0.2) is 0 Å². The summed E-state index contributed by atoms with van der Waals surface area (Å²) in [5.41, 5.74) is 1.03. The highest BCUT2D eigenvalue weighted by Gasteiger charge is 2.08. The quantitative estimate of drug-likeness (QED) is 0.688. The molecule has 2 N–H and O–H groups in total. The highest BCUT2D eigenvalue weighted by atomic mass is 35.5. The largest absolute Gasteiger partial charge is 0.389 e. The summed E-state index contributed by atoms with van der Waals surface area (Å²) in [5.74, 6) is 2.67. The highest BCUT2D eigenvalue weighted by Crippen LogP contribution is 2.10. The molecule has 0 fully saturated rings. The first-order chi connectivity index (χ1) is 9.65. The molecule has 4 heteroatoms. The lowest BCUT2D eigenvalue weighted by molar-refractivity contribution is 0.0282. The monoisotopic (exact) mass is 295 g/mol. The van der Waals surface area contributed by atoms with E-state index in [1.807, 2.05) is 24.3 Å². The molecular weight excluding hydrogens is 274 g/mol. The summed E-state index contributed by atoms with van der Waals surface area (Å²) in [4.78, 5) is 0. The average molecular weight is 296 g/mol. The molecule has 0 aliphatic heterocycles. The third kappa shape index (κ3) is 6.93. The maximum absolute atomic E-state index is 9.81. The van der Waals surface area contributed by atoms with Crippen LogP contribution in [0.3, 0.4) is 0 Å². The maximum Gasteiger partial charge on any atom is 0.0898 e. The molecule has 2 unspecified atom stereocenters. The van der Waals surface area contributed by atoms with Gasteiger partial charge < -0.3 is 15.2 Å². The van der Waals surface area contributed by atoms with Crippen molar-refractivity contribution in [1.82, 2.24) is 5.32 Å². The van der Waals surface area contributed by atoms with Crippen molar-refractivity contribution in [3.8, 4) is 12.3 Å². The number of hydrogen-bond donors (Lipinski definition) is 2. The molecule has 0 aliphatic rings. The van der Waals surface area contributed by atoms with E-state index in [1.54, 1.807) is 0 Å². The van der Waals surface area contributed by atoms with Gasteiger partial charge in [0.25, 0.3) is 0 Å². The fourth-order valence-electron chi connectivity index (χ4n) is 1.76. The Labute approximate surface area is 126 Å². The van der Waals surface area contributed by atoms with Crippen LogP contribution in [0.25, 0.3) is 0 Å². The number of rotatable bonds is 9. The summed E-state index contributed by atoms with van der Waals surface area (Å²) in [7, 11) is 0. The van der Waals surface area contributed by atoms with Crippen molar-refractivity contribution >= 4 is 11.6 Å². The Balaban J connectivity index is 2.18. The minimum Gasteiger partial charge on any atom is -0.389 e. The average Bonchev–Trinajstić information content (AvgIpc) is 2.45. The van der Waals surface area contributed by atoms with Gasteiger partial charge in [-0.1, -0.05) is 43.0 Å². The van der Waals surface area contributed by atoms with E-state index in [-0.39, 0.29) is 12.6 Å². The SMILES string of the molecule is C#CC(CCC)NCC(O)COCc1ccc(Cl)cc1. The number of nitrogens with one attached hydrogen (secondary N) is 1. The van der Waals surface area contributed by atoms with Crippen molar-refractivity contribution in [3.63, 3.8) is 0 Å². The Bertz CT molecular complexity index is 413. The summed E-state index contributed by atoms with van der Waals surface area (Å²) in [6.45, 7) is 3.26. The van der Waals surface area contributed by atoms with E-state index in [2.05, 4.69) is 18.2 Å². The zero-order valence-corrected chi connectivity index (χ0v) is 12.6. The second-order valence-electron chi connectivity index (χ2n) is 4.71. The van der Waals surface area contributed by atoms with Gasteiger partial charge in [0, 0.05) is 11.6 Å². The molecule has 0 amide bonds. The normalized spacial score (nSPS) is 13.7. The molecule has 1 rings (SSSR count). The van der Waals surface area contributed by atoms with Crippen LogP contribution in [-0.2, 0) is 11.3 Å². The van der Waals surface area contributed by atoms with Gasteiger partial charge in [0.2, 0.25) is 0 Å². The van der Waals surface area contributed by atoms with Gasteiger partial charge in [0.05, 0.1) is 25.4 Å². The molecule has 0 saturated heterocycles. The van der Waals surface area contributed by atoms with Crippen LogP contribution in [0.5, 0.6) is 0 Å². The Morgan fingerprint density at radius 3 is 2.70 bits per heavy atom. The highest BCUT2D eigenvalue weighted by molar-refractivity contribution is 6.30. The van der Waals surface area contributed by atoms with E-state index >= 15 is 0 Å².